The highest BCUT2D eigenvalue weighted by molar-refractivity contribution is 5.88. The summed E-state index contributed by atoms with van der Waals surface area (Å²) in [6.07, 6.45) is 4.58. The number of ether oxygens (including phenoxy) is 1. The number of hydrogen-bond donors (Lipinski definition) is 1. The Bertz CT molecular complexity index is 783. The minimum atomic E-state index is -0.941. The molecule has 1 heterocycles. The van der Waals surface area contributed by atoms with Gasteiger partial charge in [0, 0.05) is 6.04 Å². The third-order valence-electron chi connectivity index (χ3n) is 6.95. The lowest BCUT2D eigenvalue weighted by molar-refractivity contribution is -0.156. The minimum absolute atomic E-state index is 0.00480. The lowest BCUT2D eigenvalue weighted by Crippen LogP contribution is -2.55. The number of amides is 1. The largest absolute Gasteiger partial charge is 0.480 e. The van der Waals surface area contributed by atoms with Crippen LogP contribution < -0.4 is 0 Å². The van der Waals surface area contributed by atoms with Gasteiger partial charge in [-0.25, -0.2) is 4.79 Å². The van der Waals surface area contributed by atoms with Crippen LogP contribution in [-0.2, 0) is 25.5 Å². The van der Waals surface area contributed by atoms with Gasteiger partial charge in [-0.3, -0.25) is 14.5 Å². The maximum Gasteiger partial charge on any atom is 0.326 e. The molecule has 2 aliphatic rings. The zero-order valence-corrected chi connectivity index (χ0v) is 18.7. The number of fused-ring (bicyclic) bond motifs is 1. The fourth-order valence-electron chi connectivity index (χ4n) is 5.16. The summed E-state index contributed by atoms with van der Waals surface area (Å²) in [7, 11) is 1.76. The smallest absolute Gasteiger partial charge is 0.326 e. The van der Waals surface area contributed by atoms with Crippen molar-refractivity contribution in [1.82, 2.24) is 9.80 Å². The quantitative estimate of drug-likeness (QED) is 0.606. The molecule has 7 heteroatoms. The van der Waals surface area contributed by atoms with E-state index < -0.39 is 24.1 Å². The van der Waals surface area contributed by atoms with Crippen molar-refractivity contribution in [3.05, 3.63) is 35.9 Å². The molecule has 0 bridgehead atoms. The van der Waals surface area contributed by atoms with Crippen LogP contribution in [0.4, 0.5) is 0 Å². The van der Waals surface area contributed by atoms with Crippen LogP contribution in [-0.4, -0.2) is 70.6 Å². The van der Waals surface area contributed by atoms with Gasteiger partial charge in [0.2, 0.25) is 5.91 Å². The van der Waals surface area contributed by atoms with Crippen molar-refractivity contribution in [2.75, 3.05) is 13.7 Å². The van der Waals surface area contributed by atoms with Crippen LogP contribution >= 0.6 is 0 Å². The Morgan fingerprint density at radius 1 is 1.23 bits per heavy atom. The molecule has 1 saturated carbocycles. The molecule has 1 aliphatic heterocycles. The first-order valence-corrected chi connectivity index (χ1v) is 11.3. The lowest BCUT2D eigenvalue weighted by atomic mass is 10.0. The average Bonchev–Trinajstić information content (AvgIpc) is 3.35. The molecule has 3 rings (SSSR count). The topological polar surface area (TPSA) is 87.2 Å². The molecule has 7 nitrogen and oxygen atoms in total. The van der Waals surface area contributed by atoms with Gasteiger partial charge in [0.15, 0.2) is 0 Å². The molecule has 31 heavy (non-hydrogen) atoms. The highest BCUT2D eigenvalue weighted by Gasteiger charge is 2.50. The number of nitrogens with zero attached hydrogens (tertiary/aromatic N) is 2. The third-order valence-corrected chi connectivity index (χ3v) is 6.95. The summed E-state index contributed by atoms with van der Waals surface area (Å²) in [5.41, 5.74) is 1.11. The van der Waals surface area contributed by atoms with Crippen LogP contribution in [0.25, 0.3) is 0 Å². The highest BCUT2D eigenvalue weighted by Crippen LogP contribution is 2.41. The Hall–Kier alpha value is -2.41. The number of carbonyl (C=O) groups is 3. The third kappa shape index (κ3) is 5.09. The molecule has 5 atom stereocenters. The van der Waals surface area contributed by atoms with E-state index in [0.29, 0.717) is 19.3 Å². The van der Waals surface area contributed by atoms with E-state index in [-0.39, 0.29) is 30.4 Å². The summed E-state index contributed by atoms with van der Waals surface area (Å²) in [5.74, 6) is -1.24. The van der Waals surface area contributed by atoms with E-state index in [1.807, 2.05) is 30.3 Å². The molecule has 170 valence electrons. The maximum absolute atomic E-state index is 13.5. The van der Waals surface area contributed by atoms with Crippen LogP contribution in [0.2, 0.25) is 0 Å². The zero-order chi connectivity index (χ0) is 22.5. The van der Waals surface area contributed by atoms with Crippen LogP contribution in [0.5, 0.6) is 0 Å². The van der Waals surface area contributed by atoms with Gasteiger partial charge in [-0.2, -0.15) is 0 Å². The number of rotatable bonds is 9. The van der Waals surface area contributed by atoms with Crippen molar-refractivity contribution in [2.24, 2.45) is 5.92 Å². The Labute approximate surface area is 184 Å². The van der Waals surface area contributed by atoms with Crippen molar-refractivity contribution in [3.63, 3.8) is 0 Å². The van der Waals surface area contributed by atoms with Crippen molar-refractivity contribution >= 4 is 17.8 Å². The second-order valence-electron chi connectivity index (χ2n) is 8.73. The monoisotopic (exact) mass is 430 g/mol. The Kier molecular flexibility index (Phi) is 7.70. The number of likely N-dealkylation sites (tertiary alicyclic amines) is 1. The molecule has 1 saturated heterocycles. The molecule has 1 aliphatic carbocycles. The highest BCUT2D eigenvalue weighted by atomic mass is 16.5. The normalized spacial score (nSPS) is 24.6. The van der Waals surface area contributed by atoms with Crippen LogP contribution in [0.15, 0.2) is 30.3 Å². The minimum Gasteiger partial charge on any atom is -0.480 e. The number of benzene rings is 1. The second-order valence-corrected chi connectivity index (χ2v) is 8.73. The van der Waals surface area contributed by atoms with Crippen LogP contribution in [0.1, 0.15) is 51.5 Å². The molecule has 0 radical (unpaired) electrons. The second kappa shape index (κ2) is 10.3. The van der Waals surface area contributed by atoms with E-state index in [0.717, 1.165) is 24.8 Å². The van der Waals surface area contributed by atoms with Crippen LogP contribution in [0, 0.1) is 5.92 Å². The van der Waals surface area contributed by atoms with Crippen molar-refractivity contribution in [3.8, 4) is 0 Å². The summed E-state index contributed by atoms with van der Waals surface area (Å²) >= 11 is 0. The molecule has 0 unspecified atom stereocenters. The maximum atomic E-state index is 13.5. The fourth-order valence-corrected chi connectivity index (χ4v) is 5.16. The van der Waals surface area contributed by atoms with Crippen molar-refractivity contribution in [2.45, 2.75) is 76.5 Å². The summed E-state index contributed by atoms with van der Waals surface area (Å²) in [4.78, 5) is 41.4. The number of esters is 1. The van der Waals surface area contributed by atoms with Gasteiger partial charge in [0.05, 0.1) is 12.6 Å². The van der Waals surface area contributed by atoms with E-state index >= 15 is 0 Å². The van der Waals surface area contributed by atoms with Gasteiger partial charge in [-0.05, 0) is 64.5 Å². The number of carboxylic acids is 1. The summed E-state index contributed by atoms with van der Waals surface area (Å²) in [6, 6.07) is 7.92. The van der Waals surface area contributed by atoms with Crippen LogP contribution in [0.3, 0.4) is 0 Å². The Balaban J connectivity index is 1.75. The summed E-state index contributed by atoms with van der Waals surface area (Å²) in [6.45, 7) is 3.80. The first-order chi connectivity index (χ1) is 14.8. The zero-order valence-electron chi connectivity index (χ0n) is 18.7. The molecule has 0 aromatic heterocycles. The Morgan fingerprint density at radius 2 is 1.94 bits per heavy atom. The molecule has 1 aromatic carbocycles. The van der Waals surface area contributed by atoms with E-state index in [1.54, 1.807) is 30.7 Å². The molecular weight excluding hydrogens is 396 g/mol. The summed E-state index contributed by atoms with van der Waals surface area (Å²) in [5, 5.41) is 9.70. The first kappa shape index (κ1) is 23.3. The van der Waals surface area contributed by atoms with E-state index in [9.17, 15) is 19.5 Å². The number of carbonyl (C=O) groups excluding carboxylic acids is 2. The molecule has 2 fully saturated rings. The number of hydrogen-bond acceptors (Lipinski definition) is 5. The van der Waals surface area contributed by atoms with Gasteiger partial charge in [0.25, 0.3) is 0 Å². The molecule has 1 aromatic rings. The van der Waals surface area contributed by atoms with E-state index in [4.69, 9.17) is 4.74 Å². The summed E-state index contributed by atoms with van der Waals surface area (Å²) < 4.78 is 5.30. The van der Waals surface area contributed by atoms with Gasteiger partial charge in [-0.1, -0.05) is 36.8 Å². The standard InChI is InChI=1S/C24H34N2O5/c1-4-31-24(30)20(14-13-17-9-6-5-7-10-17)25(3)16(2)22(27)26-19-12-8-11-18(19)15-21(26)23(28)29/h5-7,9-10,16,18-21H,4,8,11-15H2,1-3H3,(H,28,29)/t16-,18-,19-,20-,21-/m0/s1. The number of aryl methyl sites for hydroxylation is 1. The molecule has 1 N–H and O–H groups in total. The lowest BCUT2D eigenvalue weighted by Gasteiger charge is -2.36. The van der Waals surface area contributed by atoms with Gasteiger partial charge < -0.3 is 14.7 Å². The van der Waals surface area contributed by atoms with Crippen molar-refractivity contribution < 1.29 is 24.2 Å². The van der Waals surface area contributed by atoms with E-state index in [1.165, 1.54) is 0 Å². The van der Waals surface area contributed by atoms with Crippen molar-refractivity contribution in [1.29, 1.82) is 0 Å². The van der Waals surface area contributed by atoms with Gasteiger partial charge in [0.1, 0.15) is 12.1 Å². The predicted molar refractivity (Wildman–Crippen MR) is 116 cm³/mol. The number of carboxylic acid groups (broad SMARTS) is 1. The van der Waals surface area contributed by atoms with Gasteiger partial charge in [-0.15, -0.1) is 0 Å². The predicted octanol–water partition coefficient (Wildman–Crippen LogP) is 2.73. The molecule has 1 amide bonds. The molecule has 0 spiro atoms. The Morgan fingerprint density at radius 3 is 2.58 bits per heavy atom. The number of aliphatic carboxylic acids is 1. The average molecular weight is 431 g/mol. The van der Waals surface area contributed by atoms with E-state index in [2.05, 4.69) is 0 Å². The first-order valence-electron chi connectivity index (χ1n) is 11.3. The molecular formula is C24H34N2O5. The SMILES string of the molecule is CCOC(=O)[C@H](CCc1ccccc1)N(C)[C@@H](C)C(=O)N1[C@H](C(=O)O)C[C@@H]2CCC[C@@H]21. The van der Waals surface area contributed by atoms with Gasteiger partial charge >= 0.3 is 11.9 Å². The fraction of sp³-hybridized carbons (Fsp3) is 0.625. The number of likely N-dealkylation sites (N-methyl/N-ethyl adjacent to an activating group) is 1.